The Bertz CT molecular complexity index is 1540. The molecule has 9 nitrogen and oxygen atoms in total. The molecule has 3 heterocycles. The number of hydrogen-bond acceptors (Lipinski definition) is 6. The van der Waals surface area contributed by atoms with Crippen LogP contribution >= 0.6 is 0 Å². The molecular formula is C25H22N4O5. The zero-order valence-electron chi connectivity index (χ0n) is 18.6. The zero-order valence-corrected chi connectivity index (χ0v) is 18.6. The topological polar surface area (TPSA) is 104 Å². The number of rotatable bonds is 7. The van der Waals surface area contributed by atoms with Crippen molar-refractivity contribution >= 4 is 11.2 Å². The number of nitrogens with one attached hydrogen (secondary N) is 1. The lowest BCUT2D eigenvalue weighted by Gasteiger charge is -2.10. The Morgan fingerprint density at radius 1 is 0.912 bits per heavy atom. The number of methoxy groups -OCH3 is 2. The number of aromatic nitrogens is 4. The lowest BCUT2D eigenvalue weighted by Crippen LogP contribution is -2.31. The van der Waals surface area contributed by atoms with E-state index in [4.69, 9.17) is 18.9 Å². The third-order valence-electron chi connectivity index (χ3n) is 5.57. The summed E-state index contributed by atoms with van der Waals surface area (Å²) in [5.41, 5.74) is 1.06. The molecule has 9 heteroatoms. The summed E-state index contributed by atoms with van der Waals surface area (Å²) in [7, 11) is 3.12. The van der Waals surface area contributed by atoms with Crippen LogP contribution in [-0.4, -0.2) is 33.3 Å². The minimum absolute atomic E-state index is 0.241. The van der Waals surface area contributed by atoms with Crippen LogP contribution in [0.15, 0.2) is 80.9 Å². The average molecular weight is 458 g/mol. The number of aromatic amines is 1. The van der Waals surface area contributed by atoms with Crippen LogP contribution in [0, 0.1) is 0 Å². The second kappa shape index (κ2) is 8.78. The molecule has 0 unspecified atom stereocenters. The number of hydrogen-bond donors (Lipinski definition) is 1. The van der Waals surface area contributed by atoms with E-state index < -0.39 is 11.2 Å². The Morgan fingerprint density at radius 3 is 2.29 bits per heavy atom. The molecule has 0 fully saturated rings. The largest absolute Gasteiger partial charge is 0.497 e. The Labute approximate surface area is 193 Å². The summed E-state index contributed by atoms with van der Waals surface area (Å²) in [4.78, 5) is 33.1. The van der Waals surface area contributed by atoms with E-state index in [1.165, 1.54) is 4.57 Å². The van der Waals surface area contributed by atoms with Gasteiger partial charge < -0.3 is 18.5 Å². The smallest absolute Gasteiger partial charge is 0.330 e. The molecule has 2 aromatic carbocycles. The summed E-state index contributed by atoms with van der Waals surface area (Å²) in [5, 5.41) is 0. The van der Waals surface area contributed by atoms with Crippen LogP contribution in [0.3, 0.4) is 0 Å². The van der Waals surface area contributed by atoms with Gasteiger partial charge in [0, 0.05) is 11.6 Å². The number of furan rings is 1. The fraction of sp³-hybridized carbons (Fsp3) is 0.160. The quantitative estimate of drug-likeness (QED) is 0.402. The molecule has 172 valence electrons. The van der Waals surface area contributed by atoms with Gasteiger partial charge in [-0.2, -0.15) is 0 Å². The number of H-pyrrole nitrogens is 1. The van der Waals surface area contributed by atoms with Gasteiger partial charge in [0.25, 0.3) is 5.56 Å². The molecule has 0 saturated carbocycles. The zero-order chi connectivity index (χ0) is 23.7. The number of benzene rings is 2. The van der Waals surface area contributed by atoms with Gasteiger partial charge in [-0.15, -0.1) is 0 Å². The van der Waals surface area contributed by atoms with Crippen LogP contribution in [0.2, 0.25) is 0 Å². The second-order valence-electron chi connectivity index (χ2n) is 7.71. The van der Waals surface area contributed by atoms with E-state index in [9.17, 15) is 9.59 Å². The van der Waals surface area contributed by atoms with Crippen molar-refractivity contribution in [2.45, 2.75) is 13.1 Å². The minimum atomic E-state index is -0.529. The van der Waals surface area contributed by atoms with E-state index in [0.29, 0.717) is 28.6 Å². The number of nitrogens with zero attached hydrogens (tertiary/aromatic N) is 3. The summed E-state index contributed by atoms with van der Waals surface area (Å²) in [6.45, 7) is 0.497. The normalized spacial score (nSPS) is 11.1. The second-order valence-corrected chi connectivity index (χ2v) is 7.71. The van der Waals surface area contributed by atoms with Crippen molar-refractivity contribution in [1.29, 1.82) is 0 Å². The van der Waals surface area contributed by atoms with Gasteiger partial charge in [-0.25, -0.2) is 9.78 Å². The van der Waals surface area contributed by atoms with Gasteiger partial charge >= 0.3 is 5.69 Å². The predicted octanol–water partition coefficient (Wildman–Crippen LogP) is 3.26. The van der Waals surface area contributed by atoms with Crippen LogP contribution in [0.5, 0.6) is 11.5 Å². The van der Waals surface area contributed by atoms with Crippen molar-refractivity contribution in [3.63, 3.8) is 0 Å². The summed E-state index contributed by atoms with van der Waals surface area (Å²) in [5.74, 6) is 2.25. The average Bonchev–Trinajstić information content (AvgIpc) is 3.50. The van der Waals surface area contributed by atoms with Crippen molar-refractivity contribution in [2.75, 3.05) is 14.2 Å². The molecule has 34 heavy (non-hydrogen) atoms. The molecule has 5 aromatic rings. The van der Waals surface area contributed by atoms with Crippen LogP contribution < -0.4 is 20.7 Å². The minimum Gasteiger partial charge on any atom is -0.497 e. The van der Waals surface area contributed by atoms with Gasteiger partial charge in [0.15, 0.2) is 11.2 Å². The Hall–Kier alpha value is -4.53. The van der Waals surface area contributed by atoms with Crippen LogP contribution in [0.25, 0.3) is 22.6 Å². The van der Waals surface area contributed by atoms with E-state index in [2.05, 4.69) is 4.98 Å². The van der Waals surface area contributed by atoms with Crippen molar-refractivity contribution in [3.8, 4) is 22.9 Å². The van der Waals surface area contributed by atoms with Gasteiger partial charge in [-0.05, 0) is 29.8 Å². The summed E-state index contributed by atoms with van der Waals surface area (Å²) in [6.07, 6.45) is 1.57. The molecule has 3 aromatic heterocycles. The van der Waals surface area contributed by atoms with Crippen LogP contribution in [0.1, 0.15) is 11.3 Å². The highest BCUT2D eigenvalue weighted by Crippen LogP contribution is 2.31. The SMILES string of the molecule is COc1cc(OC)cc(-c2nc3c(c(=O)[nH]c(=O)n3Cc3ccccc3)n2Cc2ccco2)c1. The highest BCUT2D eigenvalue weighted by molar-refractivity contribution is 5.78. The monoisotopic (exact) mass is 458 g/mol. The molecule has 0 atom stereocenters. The third-order valence-corrected chi connectivity index (χ3v) is 5.57. The predicted molar refractivity (Wildman–Crippen MR) is 127 cm³/mol. The molecular weight excluding hydrogens is 436 g/mol. The first-order chi connectivity index (χ1) is 16.6. The molecule has 0 aliphatic rings. The van der Waals surface area contributed by atoms with Crippen LogP contribution in [0.4, 0.5) is 0 Å². The van der Waals surface area contributed by atoms with Crippen molar-refractivity contribution in [1.82, 2.24) is 19.1 Å². The highest BCUT2D eigenvalue weighted by Gasteiger charge is 2.21. The summed E-state index contributed by atoms with van der Waals surface area (Å²) in [6, 6.07) is 18.5. The highest BCUT2D eigenvalue weighted by atomic mass is 16.5. The van der Waals surface area contributed by atoms with Crippen LogP contribution in [-0.2, 0) is 13.1 Å². The molecule has 5 rings (SSSR count). The lowest BCUT2D eigenvalue weighted by molar-refractivity contribution is 0.394. The van der Waals surface area contributed by atoms with Crippen molar-refractivity contribution in [3.05, 3.63) is 99.1 Å². The van der Waals surface area contributed by atoms with E-state index in [1.807, 2.05) is 36.4 Å². The van der Waals surface area contributed by atoms with Gasteiger partial charge in [-0.3, -0.25) is 14.3 Å². The number of ether oxygens (including phenoxy) is 2. The summed E-state index contributed by atoms with van der Waals surface area (Å²) < 4.78 is 19.6. The standard InChI is InChI=1S/C25H22N4O5/c1-32-19-11-17(12-20(13-19)33-2)22-26-23-21(28(22)15-18-9-6-10-34-18)24(30)27-25(31)29(23)14-16-7-4-3-5-8-16/h3-13H,14-15H2,1-2H3,(H,27,30,31). The summed E-state index contributed by atoms with van der Waals surface area (Å²) >= 11 is 0. The maximum atomic E-state index is 13.0. The van der Waals surface area contributed by atoms with Gasteiger partial charge in [0.1, 0.15) is 23.1 Å². The van der Waals surface area contributed by atoms with Gasteiger partial charge in [0.05, 0.1) is 33.6 Å². The first-order valence-electron chi connectivity index (χ1n) is 10.6. The molecule has 0 amide bonds. The number of fused-ring (bicyclic) bond motifs is 1. The first kappa shape index (κ1) is 21.3. The lowest BCUT2D eigenvalue weighted by atomic mass is 10.2. The van der Waals surface area contributed by atoms with E-state index >= 15 is 0 Å². The fourth-order valence-electron chi connectivity index (χ4n) is 3.95. The van der Waals surface area contributed by atoms with E-state index in [1.54, 1.807) is 49.3 Å². The Morgan fingerprint density at radius 2 is 1.65 bits per heavy atom. The molecule has 0 aliphatic heterocycles. The molecule has 0 radical (unpaired) electrons. The molecule has 1 N–H and O–H groups in total. The van der Waals surface area contributed by atoms with E-state index in [0.717, 1.165) is 5.56 Å². The molecule has 0 saturated heterocycles. The Kier molecular flexibility index (Phi) is 5.51. The molecule has 0 spiro atoms. The van der Waals surface area contributed by atoms with E-state index in [-0.39, 0.29) is 24.3 Å². The van der Waals surface area contributed by atoms with Crippen molar-refractivity contribution < 1.29 is 13.9 Å². The number of imidazole rings is 1. The third kappa shape index (κ3) is 3.88. The van der Waals surface area contributed by atoms with Gasteiger partial charge in [-0.1, -0.05) is 30.3 Å². The maximum absolute atomic E-state index is 13.0. The molecule has 0 aliphatic carbocycles. The van der Waals surface area contributed by atoms with Gasteiger partial charge in [0.2, 0.25) is 0 Å². The first-order valence-corrected chi connectivity index (χ1v) is 10.6. The Balaban J connectivity index is 1.79. The fourth-order valence-corrected chi connectivity index (χ4v) is 3.95. The maximum Gasteiger partial charge on any atom is 0.330 e. The molecule has 0 bridgehead atoms. The van der Waals surface area contributed by atoms with Crippen molar-refractivity contribution in [2.24, 2.45) is 0 Å².